The number of aliphatic hydroxyl groups excluding tert-OH is 1. The number of nitrogens with zero attached hydrogens (tertiary/aromatic N) is 4. The summed E-state index contributed by atoms with van der Waals surface area (Å²) in [6, 6.07) is 98.1. The zero-order valence-electron chi connectivity index (χ0n) is 63.7. The van der Waals surface area contributed by atoms with Gasteiger partial charge in [-0.15, -0.1) is 10.2 Å². The zero-order valence-corrected chi connectivity index (χ0v) is 65.5. The number of nitrogens with one attached hydrogen (secondary N) is 2. The number of alkyl halides is 5. The molecule has 0 unspecified atom stereocenters. The van der Waals surface area contributed by atoms with Crippen molar-refractivity contribution in [2.24, 2.45) is 15.2 Å². The quantitative estimate of drug-likeness (QED) is 0.0120. The third-order valence-electron chi connectivity index (χ3n) is 17.3. The molecule has 15 rings (SSSR count). The molecule has 0 aliphatic heterocycles. The molecule has 0 aliphatic rings. The molecule has 2 heterocycles. The Morgan fingerprint density at radius 1 is 0.459 bits per heavy atom. The number of carboxylic acid groups (broad SMARTS) is 3. The number of ether oxygens (including phenoxy) is 2. The number of rotatable bonds is 19. The number of benzene rings is 13. The number of azo groups is 1. The normalized spacial score (nSPS) is 10.7. The van der Waals surface area contributed by atoms with E-state index >= 15 is 0 Å². The molecule has 0 bridgehead atoms. The SMILES string of the molecule is C.C.C.C=C(O)c1cc2ccccc2[nH]1.CC(F)(F)c1ccc(Sc2ccc(C(F)(F)F)cc2C(=O)O)c(C(=O)O)c1.COc1ccccc1-c1nc(-c2ccccc2)c(-c2ccccc2)[nH]1.COc1ccccc1N=Cc1ccccc1O.O=C(O)c1ccccc1P(c1ccccc1)c1ccccc1.Oc1ccccc1N=Nc1ccccc1O. The summed E-state index contributed by atoms with van der Waals surface area (Å²) in [5.74, 6) is -4.64. The van der Waals surface area contributed by atoms with Crippen LogP contribution in [0.2, 0.25) is 0 Å². The molecule has 25 heteroatoms. The number of aromatic carboxylic acids is 3. The number of phenolic OH excluding ortho intramolecular Hbond substituents is 3. The van der Waals surface area contributed by atoms with E-state index < -0.39 is 60.2 Å². The van der Waals surface area contributed by atoms with Gasteiger partial charge in [0, 0.05) is 56.1 Å². The van der Waals surface area contributed by atoms with Gasteiger partial charge in [0.15, 0.2) is 0 Å². The van der Waals surface area contributed by atoms with E-state index in [0.717, 1.165) is 96.4 Å². The maximum Gasteiger partial charge on any atom is 0.416 e. The van der Waals surface area contributed by atoms with Crippen LogP contribution in [-0.2, 0) is 12.1 Å². The van der Waals surface area contributed by atoms with Gasteiger partial charge in [-0.05, 0) is 133 Å². The summed E-state index contributed by atoms with van der Waals surface area (Å²) in [4.78, 5) is 49.8. The van der Waals surface area contributed by atoms with E-state index in [2.05, 4.69) is 80.3 Å². The number of aliphatic hydroxyl groups is 1. The number of carboxylic acids is 3. The lowest BCUT2D eigenvalue weighted by Gasteiger charge is -2.20. The molecule has 15 aromatic rings. The van der Waals surface area contributed by atoms with Gasteiger partial charge in [-0.2, -0.15) is 13.2 Å². The Bertz CT molecular complexity index is 5760. The van der Waals surface area contributed by atoms with E-state index in [9.17, 15) is 61.9 Å². The molecule has 0 radical (unpaired) electrons. The third-order valence-corrected chi connectivity index (χ3v) is 20.9. The summed E-state index contributed by atoms with van der Waals surface area (Å²) in [6.45, 7) is 4.03. The first kappa shape index (κ1) is 94.4. The number of halogens is 5. The Balaban J connectivity index is 0.000000204. The summed E-state index contributed by atoms with van der Waals surface area (Å²) in [6.07, 6.45) is -3.14. The number of hydrogen-bond acceptors (Lipinski definition) is 14. The number of methoxy groups -OCH3 is 2. The van der Waals surface area contributed by atoms with E-state index in [0.29, 0.717) is 64.8 Å². The first-order valence-electron chi connectivity index (χ1n) is 36.1. The number of aromatic amines is 2. The maximum absolute atomic E-state index is 13.4. The molecule has 0 spiro atoms. The standard InChI is InChI=1S/C22H18N2O.C19H15O2P.C17H11F5O4S.C14H13NO2.C12H10N2O2.C10H9NO.3CH4/c1-25-19-15-9-8-14-18(19)22-23-20(16-10-4-2-5-11-16)21(24-22)17-12-6-3-7-13-17;20-19(21)17-13-7-8-14-18(17)22(15-9-3-1-4-10-15)16-11-5-2-6-12-16;1-16(18,19)8-2-4-12(10(6-8)14(23)24)27-13-5-3-9(17(20,21)22)7-11(13)15(25)26;1-17-14-9-5-3-7-12(14)15-10-11-6-2-4-8-13(11)16;15-11-7-3-1-5-9(11)13-14-10-6-2-4-8-12(10)16;1-7(12)10-6-8-4-2-3-5-9(8)11-10;;;/h2-15H,1H3,(H,23,24);1-14H,(H,20,21);2-7H,1H3,(H,23,24)(H,25,26);2-10,16H,1H3;1-8,15-16H;2-6,11-12H,1H2;3*1H4. The summed E-state index contributed by atoms with van der Waals surface area (Å²) in [7, 11) is 2.40. The Morgan fingerprint density at radius 2 is 0.893 bits per heavy atom. The van der Waals surface area contributed by atoms with Crippen molar-refractivity contribution in [2.75, 3.05) is 14.2 Å². The summed E-state index contributed by atoms with van der Waals surface area (Å²) in [5, 5.41) is 77.5. The smallest absolute Gasteiger partial charge is 0.416 e. The van der Waals surface area contributed by atoms with Crippen molar-refractivity contribution in [1.29, 1.82) is 0 Å². The molecule has 0 amide bonds. The van der Waals surface area contributed by atoms with Crippen LogP contribution in [-0.4, -0.2) is 89.0 Å². The van der Waals surface area contributed by atoms with Crippen molar-refractivity contribution >= 4 is 93.4 Å². The molecule has 2 aromatic heterocycles. The van der Waals surface area contributed by atoms with Crippen LogP contribution in [0.4, 0.5) is 39.0 Å². The van der Waals surface area contributed by atoms with Gasteiger partial charge in [-0.3, -0.25) is 4.99 Å². The van der Waals surface area contributed by atoms with Gasteiger partial charge in [0.2, 0.25) is 0 Å². The lowest BCUT2D eigenvalue weighted by Crippen LogP contribution is -2.24. The van der Waals surface area contributed by atoms with Gasteiger partial charge in [0.1, 0.15) is 57.4 Å². The van der Waals surface area contributed by atoms with Crippen LogP contribution in [0.15, 0.2) is 365 Å². The molecule has 0 saturated carbocycles. The van der Waals surface area contributed by atoms with Crippen molar-refractivity contribution < 1.29 is 81.6 Å². The lowest BCUT2D eigenvalue weighted by atomic mass is 10.1. The largest absolute Gasteiger partial charge is 0.507 e. The number of phenols is 3. The number of imidazole rings is 1. The number of para-hydroxylation sites is 7. The number of aromatic nitrogens is 3. The second-order valence-electron chi connectivity index (χ2n) is 25.5. The predicted molar refractivity (Wildman–Crippen MR) is 478 cm³/mol. The van der Waals surface area contributed by atoms with Crippen molar-refractivity contribution in [2.45, 2.75) is 51.1 Å². The number of aromatic hydroxyl groups is 3. The molecule has 13 aromatic carbocycles. The summed E-state index contributed by atoms with van der Waals surface area (Å²) in [5.41, 5.74) is 6.36. The molecule has 0 aliphatic carbocycles. The van der Waals surface area contributed by atoms with E-state index in [1.165, 1.54) is 12.1 Å². The van der Waals surface area contributed by atoms with E-state index in [1.807, 2.05) is 170 Å². The topological polar surface area (TPSA) is 293 Å². The molecule has 9 N–H and O–H groups in total. The number of fused-ring (bicyclic) bond motifs is 1. The van der Waals surface area contributed by atoms with Crippen molar-refractivity contribution in [3.63, 3.8) is 0 Å². The van der Waals surface area contributed by atoms with Crippen molar-refractivity contribution in [1.82, 2.24) is 15.0 Å². The monoisotopic (exact) mass is 1690 g/mol. The predicted octanol–water partition coefficient (Wildman–Crippen LogP) is 25.2. The highest BCUT2D eigenvalue weighted by Crippen LogP contribution is 2.41. The molecule has 0 fully saturated rings. The minimum absolute atomic E-state index is 0. The third kappa shape index (κ3) is 25.9. The highest BCUT2D eigenvalue weighted by atomic mass is 32.2. The molecular weight excluding hydrogens is 1600 g/mol. The van der Waals surface area contributed by atoms with Gasteiger partial charge in [0.05, 0.1) is 59.1 Å². The highest BCUT2D eigenvalue weighted by Gasteiger charge is 2.33. The molecular formula is C97H88F5N6O12PS. The molecule has 0 saturated heterocycles. The fourth-order valence-electron chi connectivity index (χ4n) is 11.4. The summed E-state index contributed by atoms with van der Waals surface area (Å²) < 4.78 is 75.8. The van der Waals surface area contributed by atoms with Crippen LogP contribution in [0, 0.1) is 0 Å². The Kier molecular flexibility index (Phi) is 35.0. The second kappa shape index (κ2) is 45.3. The molecule has 18 nitrogen and oxygen atoms in total. The zero-order chi connectivity index (χ0) is 85.0. The highest BCUT2D eigenvalue weighted by molar-refractivity contribution is 7.99. The minimum Gasteiger partial charge on any atom is -0.507 e. The first-order valence-corrected chi connectivity index (χ1v) is 38.3. The molecule has 624 valence electrons. The fourth-order valence-corrected chi connectivity index (χ4v) is 14.9. The lowest BCUT2D eigenvalue weighted by molar-refractivity contribution is -0.137. The summed E-state index contributed by atoms with van der Waals surface area (Å²) >= 11 is 0.562. The van der Waals surface area contributed by atoms with E-state index in [4.69, 9.17) is 24.7 Å². The van der Waals surface area contributed by atoms with E-state index in [1.54, 1.807) is 87.2 Å². The first-order chi connectivity index (χ1) is 57.3. The average molecular weight is 1690 g/mol. The second-order valence-corrected chi connectivity index (χ2v) is 28.7. The van der Waals surface area contributed by atoms with Crippen LogP contribution in [0.1, 0.15) is 82.7 Å². The van der Waals surface area contributed by atoms with Gasteiger partial charge >= 0.3 is 24.1 Å². The number of H-pyrrole nitrogens is 2. The fraction of sp³-hybridized carbons (Fsp3) is 0.0825. The molecule has 122 heavy (non-hydrogen) atoms. The van der Waals surface area contributed by atoms with Crippen LogP contribution in [0.3, 0.4) is 0 Å². The van der Waals surface area contributed by atoms with Crippen LogP contribution in [0.5, 0.6) is 28.7 Å². The molecule has 0 atom stereocenters. The van der Waals surface area contributed by atoms with Gasteiger partial charge in [0.25, 0.3) is 5.92 Å². The van der Waals surface area contributed by atoms with Gasteiger partial charge < -0.3 is 55.2 Å². The number of hydrogen-bond donors (Lipinski definition) is 9. The van der Waals surface area contributed by atoms with Crippen LogP contribution < -0.4 is 25.4 Å². The Labute approximate surface area is 708 Å². The van der Waals surface area contributed by atoms with Gasteiger partial charge in [-0.1, -0.05) is 265 Å². The van der Waals surface area contributed by atoms with E-state index in [-0.39, 0.29) is 55.1 Å². The van der Waals surface area contributed by atoms with Crippen molar-refractivity contribution in [3.8, 4) is 62.7 Å². The Morgan fingerprint density at radius 3 is 1.39 bits per heavy atom. The van der Waals surface area contributed by atoms with Crippen LogP contribution >= 0.6 is 19.7 Å². The Hall–Kier alpha value is -14.7. The van der Waals surface area contributed by atoms with Gasteiger partial charge in [-0.25, -0.2) is 28.1 Å². The van der Waals surface area contributed by atoms with Crippen molar-refractivity contribution in [3.05, 3.63) is 379 Å². The number of carbonyl (C=O) groups is 3. The van der Waals surface area contributed by atoms with Crippen LogP contribution in [0.25, 0.3) is 50.6 Å². The minimum atomic E-state index is -4.76. The average Bonchev–Trinajstić information content (AvgIpc) is 1.74. The number of aliphatic imine (C=N–C) groups is 1. The maximum atomic E-state index is 13.4.